The van der Waals surface area contributed by atoms with Gasteiger partial charge < -0.3 is 10.2 Å². The van der Waals surface area contributed by atoms with E-state index in [1.807, 2.05) is 0 Å². The van der Waals surface area contributed by atoms with E-state index in [1.54, 1.807) is 24.3 Å². The Hall–Kier alpha value is -1.85. The minimum absolute atomic E-state index is 0.302. The van der Waals surface area contributed by atoms with Gasteiger partial charge in [-0.2, -0.15) is 0 Å². The molecule has 1 saturated heterocycles. The molecule has 1 aromatic carbocycles. The summed E-state index contributed by atoms with van der Waals surface area (Å²) in [5.41, 5.74) is 0.763. The number of nitrogens with zero attached hydrogens (tertiary/aromatic N) is 3. The summed E-state index contributed by atoms with van der Waals surface area (Å²) in [6.07, 6.45) is 4.94. The third kappa shape index (κ3) is 3.74. The van der Waals surface area contributed by atoms with Crippen molar-refractivity contribution in [3.05, 3.63) is 46.3 Å². The molecule has 5 nitrogen and oxygen atoms in total. The second-order valence-corrected chi connectivity index (χ2v) is 6.15. The minimum Gasteiger partial charge on any atom is -0.357 e. The van der Waals surface area contributed by atoms with Gasteiger partial charge in [-0.15, -0.1) is 0 Å². The first kappa shape index (κ1) is 16.0. The lowest BCUT2D eigenvalue weighted by Gasteiger charge is -2.27. The Bertz CT molecular complexity index is 717. The van der Waals surface area contributed by atoms with E-state index < -0.39 is 0 Å². The number of carbonyl (C=O) groups excluding carboxylic acids is 1. The summed E-state index contributed by atoms with van der Waals surface area (Å²) in [6, 6.07) is 6.79. The molecule has 1 aliphatic heterocycles. The molecule has 1 aliphatic rings. The van der Waals surface area contributed by atoms with Crippen LogP contribution in [-0.4, -0.2) is 29.0 Å². The minimum atomic E-state index is -0.338. The molecule has 1 N–H and O–H groups in total. The number of aromatic nitrogens is 2. The molecule has 1 amide bonds. The lowest BCUT2D eigenvalue weighted by molar-refractivity contribution is 0.102. The van der Waals surface area contributed by atoms with Crippen molar-refractivity contribution in [3.8, 4) is 0 Å². The number of rotatable bonds is 3. The summed E-state index contributed by atoms with van der Waals surface area (Å²) >= 11 is 12.0. The van der Waals surface area contributed by atoms with Gasteiger partial charge in [-0.3, -0.25) is 4.79 Å². The van der Waals surface area contributed by atoms with Gasteiger partial charge >= 0.3 is 0 Å². The maximum Gasteiger partial charge on any atom is 0.274 e. The number of hydrogen-bond donors (Lipinski definition) is 1. The van der Waals surface area contributed by atoms with Crippen molar-refractivity contribution < 1.29 is 4.79 Å². The van der Waals surface area contributed by atoms with Crippen LogP contribution >= 0.6 is 23.2 Å². The SMILES string of the molecule is O=C(Nc1cccc(Cl)c1Cl)c1cc(N2CCCCC2)ncn1. The highest BCUT2D eigenvalue weighted by Gasteiger charge is 2.16. The van der Waals surface area contributed by atoms with E-state index in [0.29, 0.717) is 21.4 Å². The second kappa shape index (κ2) is 7.15. The van der Waals surface area contributed by atoms with Crippen molar-refractivity contribution in [3.63, 3.8) is 0 Å². The number of amides is 1. The molecule has 2 heterocycles. The quantitative estimate of drug-likeness (QED) is 0.907. The summed E-state index contributed by atoms with van der Waals surface area (Å²) in [5.74, 6) is 0.442. The Kier molecular flexibility index (Phi) is 4.98. The zero-order chi connectivity index (χ0) is 16.2. The van der Waals surface area contributed by atoms with Crippen molar-refractivity contribution in [2.24, 2.45) is 0 Å². The first-order valence-electron chi connectivity index (χ1n) is 7.47. The molecule has 0 saturated carbocycles. The summed E-state index contributed by atoms with van der Waals surface area (Å²) < 4.78 is 0. The summed E-state index contributed by atoms with van der Waals surface area (Å²) in [4.78, 5) is 22.9. The molecule has 0 spiro atoms. The lowest BCUT2D eigenvalue weighted by Crippen LogP contribution is -2.30. The standard InChI is InChI=1S/C16H16Cl2N4O/c17-11-5-4-6-12(15(11)18)21-16(23)13-9-14(20-10-19-13)22-7-2-1-3-8-22/h4-6,9-10H,1-3,7-8H2,(H,21,23). The molecule has 120 valence electrons. The summed E-state index contributed by atoms with van der Waals surface area (Å²) in [5, 5.41) is 3.44. The van der Waals surface area contributed by atoms with Crippen LogP contribution in [-0.2, 0) is 0 Å². The fraction of sp³-hybridized carbons (Fsp3) is 0.312. The molecule has 0 bridgehead atoms. The van der Waals surface area contributed by atoms with Gasteiger partial charge in [0, 0.05) is 19.2 Å². The zero-order valence-electron chi connectivity index (χ0n) is 12.4. The molecule has 0 aliphatic carbocycles. The Morgan fingerprint density at radius 2 is 1.91 bits per heavy atom. The van der Waals surface area contributed by atoms with Crippen LogP contribution in [0.25, 0.3) is 0 Å². The summed E-state index contributed by atoms with van der Waals surface area (Å²) in [7, 11) is 0. The summed E-state index contributed by atoms with van der Waals surface area (Å²) in [6.45, 7) is 1.91. The third-order valence-corrected chi connectivity index (χ3v) is 4.58. The van der Waals surface area contributed by atoms with Crippen molar-refractivity contribution >= 4 is 40.6 Å². The van der Waals surface area contributed by atoms with Gasteiger partial charge in [-0.25, -0.2) is 9.97 Å². The van der Waals surface area contributed by atoms with Gasteiger partial charge in [0.25, 0.3) is 5.91 Å². The van der Waals surface area contributed by atoms with E-state index in [-0.39, 0.29) is 5.91 Å². The maximum absolute atomic E-state index is 12.4. The van der Waals surface area contributed by atoms with Crippen molar-refractivity contribution in [1.82, 2.24) is 9.97 Å². The molecule has 1 fully saturated rings. The third-order valence-electron chi connectivity index (χ3n) is 3.77. The van der Waals surface area contributed by atoms with E-state index in [4.69, 9.17) is 23.2 Å². The Labute approximate surface area is 144 Å². The molecule has 3 rings (SSSR count). The average molecular weight is 351 g/mol. The number of benzene rings is 1. The predicted octanol–water partition coefficient (Wildman–Crippen LogP) is 4.03. The van der Waals surface area contributed by atoms with Gasteiger partial charge in [-0.05, 0) is 31.4 Å². The second-order valence-electron chi connectivity index (χ2n) is 5.36. The number of nitrogens with one attached hydrogen (secondary N) is 1. The van der Waals surface area contributed by atoms with E-state index in [0.717, 1.165) is 31.7 Å². The highest BCUT2D eigenvalue weighted by molar-refractivity contribution is 6.44. The zero-order valence-corrected chi connectivity index (χ0v) is 13.9. The van der Waals surface area contributed by atoms with Gasteiger partial charge in [0.15, 0.2) is 0 Å². The van der Waals surface area contributed by atoms with E-state index in [1.165, 1.54) is 12.7 Å². The highest BCUT2D eigenvalue weighted by Crippen LogP contribution is 2.29. The lowest BCUT2D eigenvalue weighted by atomic mass is 10.1. The topological polar surface area (TPSA) is 58.1 Å². The van der Waals surface area contributed by atoms with E-state index in [2.05, 4.69) is 20.2 Å². The van der Waals surface area contributed by atoms with Gasteiger partial charge in [0.1, 0.15) is 17.8 Å². The van der Waals surface area contributed by atoms with Crippen LogP contribution in [0.4, 0.5) is 11.5 Å². The van der Waals surface area contributed by atoms with Crippen LogP contribution in [0.2, 0.25) is 10.0 Å². The molecule has 0 radical (unpaired) electrons. The Balaban J connectivity index is 1.78. The molecular weight excluding hydrogens is 335 g/mol. The first-order chi connectivity index (χ1) is 11.1. The fourth-order valence-electron chi connectivity index (χ4n) is 2.55. The van der Waals surface area contributed by atoms with Crippen LogP contribution in [0.5, 0.6) is 0 Å². The number of piperidine rings is 1. The van der Waals surface area contributed by atoms with Crippen molar-refractivity contribution in [2.45, 2.75) is 19.3 Å². The average Bonchev–Trinajstić information content (AvgIpc) is 2.60. The van der Waals surface area contributed by atoms with E-state index >= 15 is 0 Å². The smallest absolute Gasteiger partial charge is 0.274 e. The fourth-order valence-corrected chi connectivity index (χ4v) is 2.90. The van der Waals surface area contributed by atoms with Crippen molar-refractivity contribution in [2.75, 3.05) is 23.3 Å². The van der Waals surface area contributed by atoms with Gasteiger partial charge in [0.05, 0.1) is 15.7 Å². The molecule has 0 atom stereocenters. The Morgan fingerprint density at radius 1 is 1.13 bits per heavy atom. The van der Waals surface area contributed by atoms with E-state index in [9.17, 15) is 4.79 Å². The normalized spacial score (nSPS) is 14.6. The van der Waals surface area contributed by atoms with Gasteiger partial charge in [-0.1, -0.05) is 29.3 Å². The van der Waals surface area contributed by atoms with Crippen LogP contribution in [0, 0.1) is 0 Å². The monoisotopic (exact) mass is 350 g/mol. The molecular formula is C16H16Cl2N4O. The molecule has 1 aromatic heterocycles. The van der Waals surface area contributed by atoms with Gasteiger partial charge in [0.2, 0.25) is 0 Å². The number of carbonyl (C=O) groups is 1. The highest BCUT2D eigenvalue weighted by atomic mass is 35.5. The molecule has 23 heavy (non-hydrogen) atoms. The van der Waals surface area contributed by atoms with Crippen LogP contribution in [0.3, 0.4) is 0 Å². The number of anilines is 2. The predicted molar refractivity (Wildman–Crippen MR) is 92.5 cm³/mol. The maximum atomic E-state index is 12.4. The van der Waals surface area contributed by atoms with Crippen LogP contribution < -0.4 is 10.2 Å². The molecule has 2 aromatic rings. The molecule has 0 unspecified atom stereocenters. The first-order valence-corrected chi connectivity index (χ1v) is 8.23. The van der Waals surface area contributed by atoms with Crippen LogP contribution in [0.15, 0.2) is 30.6 Å². The number of halogens is 2. The molecule has 7 heteroatoms. The van der Waals surface area contributed by atoms with Crippen LogP contribution in [0.1, 0.15) is 29.8 Å². The largest absolute Gasteiger partial charge is 0.357 e. The van der Waals surface area contributed by atoms with Crippen molar-refractivity contribution in [1.29, 1.82) is 0 Å². The Morgan fingerprint density at radius 3 is 2.70 bits per heavy atom. The number of hydrogen-bond acceptors (Lipinski definition) is 4.